The highest BCUT2D eigenvalue weighted by Crippen LogP contribution is 2.57. The molecule has 1 aliphatic rings. The molecule has 2 aromatic carbocycles. The van der Waals surface area contributed by atoms with Crippen LogP contribution in [0.25, 0.3) is 5.83 Å². The van der Waals surface area contributed by atoms with Gasteiger partial charge in [0, 0.05) is 5.56 Å². The van der Waals surface area contributed by atoms with Crippen molar-refractivity contribution in [3.8, 4) is 5.75 Å². The van der Waals surface area contributed by atoms with E-state index in [-0.39, 0.29) is 17.0 Å². The van der Waals surface area contributed by atoms with Crippen molar-refractivity contribution in [3.05, 3.63) is 64.0 Å². The largest absolute Gasteiger partial charge is 0.506 e. The molecule has 0 aromatic heterocycles. The van der Waals surface area contributed by atoms with Crippen molar-refractivity contribution in [3.63, 3.8) is 0 Å². The molecule has 1 aliphatic carbocycles. The molecule has 138 valence electrons. The highest BCUT2D eigenvalue weighted by Gasteiger charge is 2.55. The van der Waals surface area contributed by atoms with E-state index in [0.29, 0.717) is 0 Å². The maximum absolute atomic E-state index is 15.0. The quantitative estimate of drug-likeness (QED) is 0.253. The third kappa shape index (κ3) is 2.01. The van der Waals surface area contributed by atoms with Crippen LogP contribution in [0.1, 0.15) is 30.5 Å². The van der Waals surface area contributed by atoms with Crippen LogP contribution < -0.4 is 5.73 Å². The number of nitrogens with two attached hydrogens (primary N) is 1. The number of phenolic OH excluding ortho intramolecular Hbond substituents is 1. The lowest BCUT2D eigenvalue weighted by Gasteiger charge is -2.35. The highest BCUT2D eigenvalue weighted by molar-refractivity contribution is 5.79. The van der Waals surface area contributed by atoms with Gasteiger partial charge in [0.2, 0.25) is 0 Å². The molecule has 0 fully saturated rings. The zero-order valence-electron chi connectivity index (χ0n) is 13.6. The summed E-state index contributed by atoms with van der Waals surface area (Å²) in [5.41, 5.74) is 0.664. The summed E-state index contributed by atoms with van der Waals surface area (Å²) >= 11 is 0. The van der Waals surface area contributed by atoms with Gasteiger partial charge in [0.1, 0.15) is 5.75 Å². The molecule has 3 rings (SSSR count). The van der Waals surface area contributed by atoms with Crippen LogP contribution in [0, 0.1) is 29.2 Å². The van der Waals surface area contributed by atoms with Crippen molar-refractivity contribution >= 4 is 11.5 Å². The van der Waals surface area contributed by atoms with Crippen LogP contribution in [0.15, 0.2) is 24.0 Å². The fourth-order valence-corrected chi connectivity index (χ4v) is 3.55. The second kappa shape index (κ2) is 5.69. The van der Waals surface area contributed by atoms with E-state index in [4.69, 9.17) is 5.73 Å². The average molecular weight is 373 g/mol. The Balaban J connectivity index is 2.53. The van der Waals surface area contributed by atoms with Gasteiger partial charge in [-0.1, -0.05) is 19.9 Å². The Morgan fingerprint density at radius 1 is 0.923 bits per heavy atom. The van der Waals surface area contributed by atoms with E-state index in [1.54, 1.807) is 0 Å². The van der Waals surface area contributed by atoms with Gasteiger partial charge in [-0.2, -0.15) is 0 Å². The van der Waals surface area contributed by atoms with Gasteiger partial charge in [-0.25, -0.2) is 26.3 Å². The van der Waals surface area contributed by atoms with Crippen LogP contribution in [0.5, 0.6) is 5.75 Å². The van der Waals surface area contributed by atoms with Gasteiger partial charge < -0.3 is 10.8 Å². The lowest BCUT2D eigenvalue weighted by Crippen LogP contribution is -2.35. The molecular formula is C18H13F6NO. The van der Waals surface area contributed by atoms with Crippen LogP contribution >= 0.6 is 0 Å². The molecular weight excluding hydrogens is 360 g/mol. The maximum atomic E-state index is 15.0. The number of rotatable bonds is 2. The van der Waals surface area contributed by atoms with E-state index in [1.165, 1.54) is 13.8 Å². The van der Waals surface area contributed by atoms with E-state index < -0.39 is 57.4 Å². The Hall–Kier alpha value is -2.64. The van der Waals surface area contributed by atoms with Crippen LogP contribution in [0.2, 0.25) is 0 Å². The number of phenols is 1. The predicted octanol–water partition coefficient (Wildman–Crippen LogP) is 5.09. The summed E-state index contributed by atoms with van der Waals surface area (Å²) in [7, 11) is 0. The standard InChI is InChI=1S/C18H13F6NO/c1-6(2)18(7-3-4-9(26)8(25)5-7)11-10(13(20)17(18)24)12(19)15(22)16(23)14(11)21/h3-6,26H,25H2,1-2H3. The van der Waals surface area contributed by atoms with E-state index in [2.05, 4.69) is 0 Å². The number of halogens is 6. The fraction of sp³-hybridized carbons (Fsp3) is 0.222. The fourth-order valence-electron chi connectivity index (χ4n) is 3.55. The Morgan fingerprint density at radius 3 is 2.04 bits per heavy atom. The number of allylic oxidation sites excluding steroid dienone is 1. The van der Waals surface area contributed by atoms with Gasteiger partial charge in [0.05, 0.1) is 16.7 Å². The molecule has 0 radical (unpaired) electrons. The summed E-state index contributed by atoms with van der Waals surface area (Å²) in [6, 6.07) is 3.24. The zero-order valence-corrected chi connectivity index (χ0v) is 13.6. The van der Waals surface area contributed by atoms with Crippen molar-refractivity contribution < 1.29 is 31.4 Å². The first-order valence-corrected chi connectivity index (χ1v) is 7.58. The Morgan fingerprint density at radius 2 is 1.50 bits per heavy atom. The third-order valence-corrected chi connectivity index (χ3v) is 4.77. The zero-order chi connectivity index (χ0) is 19.5. The number of benzene rings is 2. The number of fused-ring (bicyclic) bond motifs is 1. The highest BCUT2D eigenvalue weighted by atomic mass is 19.2. The van der Waals surface area contributed by atoms with Gasteiger partial charge in [-0.15, -0.1) is 0 Å². The lowest BCUT2D eigenvalue weighted by molar-refractivity contribution is 0.336. The van der Waals surface area contributed by atoms with Crippen molar-refractivity contribution in [1.29, 1.82) is 0 Å². The van der Waals surface area contributed by atoms with Crippen molar-refractivity contribution in [2.75, 3.05) is 5.73 Å². The molecule has 2 aromatic rings. The summed E-state index contributed by atoms with van der Waals surface area (Å²) in [4.78, 5) is 0. The van der Waals surface area contributed by atoms with Crippen LogP contribution in [-0.4, -0.2) is 5.11 Å². The van der Waals surface area contributed by atoms with Gasteiger partial charge in [-0.05, 0) is 23.6 Å². The molecule has 0 saturated heterocycles. The minimum Gasteiger partial charge on any atom is -0.506 e. The molecule has 8 heteroatoms. The third-order valence-electron chi connectivity index (χ3n) is 4.77. The molecule has 0 spiro atoms. The number of hydrogen-bond donors (Lipinski definition) is 2. The van der Waals surface area contributed by atoms with Crippen LogP contribution in [-0.2, 0) is 5.41 Å². The predicted molar refractivity (Wildman–Crippen MR) is 83.5 cm³/mol. The Labute approximate surface area is 144 Å². The number of hydrogen-bond acceptors (Lipinski definition) is 2. The van der Waals surface area contributed by atoms with E-state index in [0.717, 1.165) is 18.2 Å². The lowest BCUT2D eigenvalue weighted by atomic mass is 9.67. The number of anilines is 1. The van der Waals surface area contributed by atoms with Crippen LogP contribution in [0.3, 0.4) is 0 Å². The van der Waals surface area contributed by atoms with Gasteiger partial charge in [0.15, 0.2) is 34.9 Å². The summed E-state index contributed by atoms with van der Waals surface area (Å²) in [6.45, 7) is 2.76. The van der Waals surface area contributed by atoms with Gasteiger partial charge >= 0.3 is 0 Å². The van der Waals surface area contributed by atoms with E-state index in [1.807, 2.05) is 0 Å². The van der Waals surface area contributed by atoms with Gasteiger partial charge in [0.25, 0.3) is 0 Å². The molecule has 1 atom stereocenters. The second-order valence-corrected chi connectivity index (χ2v) is 6.37. The van der Waals surface area contributed by atoms with E-state index in [9.17, 15) is 27.1 Å². The average Bonchev–Trinajstić information content (AvgIpc) is 2.83. The van der Waals surface area contributed by atoms with Crippen molar-refractivity contribution in [1.82, 2.24) is 0 Å². The van der Waals surface area contributed by atoms with Crippen LogP contribution in [0.4, 0.5) is 32.0 Å². The summed E-state index contributed by atoms with van der Waals surface area (Å²) in [5, 5.41) is 9.55. The molecule has 0 amide bonds. The summed E-state index contributed by atoms with van der Waals surface area (Å²) < 4.78 is 85.7. The normalized spacial score (nSPS) is 19.4. The Bertz CT molecular complexity index is 969. The first-order valence-electron chi connectivity index (χ1n) is 7.58. The summed E-state index contributed by atoms with van der Waals surface area (Å²) in [5.74, 6) is -13.0. The Kier molecular flexibility index (Phi) is 3.97. The SMILES string of the molecule is CC(C)C1(c2ccc(O)c(N)c2)C(F)=C(F)c2c(F)c(F)c(F)c(F)c21. The second-order valence-electron chi connectivity index (χ2n) is 6.37. The van der Waals surface area contributed by atoms with Crippen molar-refractivity contribution in [2.24, 2.45) is 5.92 Å². The molecule has 1 unspecified atom stereocenters. The van der Waals surface area contributed by atoms with E-state index >= 15 is 4.39 Å². The minimum absolute atomic E-state index is 0.140. The molecule has 0 aliphatic heterocycles. The number of aromatic hydroxyl groups is 1. The molecule has 0 bridgehead atoms. The smallest absolute Gasteiger partial charge is 0.198 e. The topological polar surface area (TPSA) is 46.2 Å². The van der Waals surface area contributed by atoms with Gasteiger partial charge in [-0.3, -0.25) is 0 Å². The summed E-state index contributed by atoms with van der Waals surface area (Å²) in [6.07, 6.45) is 0. The molecule has 0 saturated carbocycles. The monoisotopic (exact) mass is 373 g/mol. The molecule has 3 N–H and O–H groups in total. The number of nitrogen functional groups attached to an aromatic ring is 1. The first-order chi connectivity index (χ1) is 12.1. The molecule has 26 heavy (non-hydrogen) atoms. The molecule has 2 nitrogen and oxygen atoms in total. The minimum atomic E-state index is -2.28. The van der Waals surface area contributed by atoms with Crippen molar-refractivity contribution in [2.45, 2.75) is 19.3 Å². The maximum Gasteiger partial charge on any atom is 0.198 e. The first kappa shape index (κ1) is 18.2. The molecule has 0 heterocycles.